The first-order valence-corrected chi connectivity index (χ1v) is 5.93. The number of ether oxygens (including phenoxy) is 1. The molecule has 0 saturated carbocycles. The van der Waals surface area contributed by atoms with Gasteiger partial charge in [0.1, 0.15) is 5.75 Å². The van der Waals surface area contributed by atoms with Crippen molar-refractivity contribution in [1.82, 2.24) is 5.32 Å². The summed E-state index contributed by atoms with van der Waals surface area (Å²) in [6.07, 6.45) is 1.38. The fraction of sp³-hybridized carbons (Fsp3) is 0.462. The highest BCUT2D eigenvalue weighted by atomic mass is 16.5. The summed E-state index contributed by atoms with van der Waals surface area (Å²) in [5.74, 6) is 0.866. The Morgan fingerprint density at radius 2 is 2.00 bits per heavy atom. The van der Waals surface area contributed by atoms with E-state index in [1.165, 1.54) is 0 Å². The van der Waals surface area contributed by atoms with Crippen molar-refractivity contribution >= 4 is 11.6 Å². The van der Waals surface area contributed by atoms with Gasteiger partial charge in [0, 0.05) is 12.1 Å². The second kappa shape index (κ2) is 7.68. The third-order valence-electron chi connectivity index (χ3n) is 2.28. The summed E-state index contributed by atoms with van der Waals surface area (Å²) >= 11 is 0. The third kappa shape index (κ3) is 5.36. The van der Waals surface area contributed by atoms with Gasteiger partial charge in [-0.15, -0.1) is 0 Å². The highest BCUT2D eigenvalue weighted by Crippen LogP contribution is 2.15. The van der Waals surface area contributed by atoms with E-state index in [1.54, 1.807) is 0 Å². The van der Waals surface area contributed by atoms with Gasteiger partial charge < -0.3 is 15.4 Å². The van der Waals surface area contributed by atoms with Crippen LogP contribution in [0, 0.1) is 0 Å². The highest BCUT2D eigenvalue weighted by Gasteiger charge is 2.01. The minimum atomic E-state index is 0.0457. The molecule has 0 aromatic heterocycles. The van der Waals surface area contributed by atoms with Gasteiger partial charge in [0.15, 0.2) is 0 Å². The van der Waals surface area contributed by atoms with Crippen LogP contribution in [-0.2, 0) is 4.79 Å². The minimum Gasteiger partial charge on any atom is -0.494 e. The average molecular weight is 236 g/mol. The number of benzene rings is 1. The van der Waals surface area contributed by atoms with Crippen LogP contribution in [0.15, 0.2) is 24.3 Å². The van der Waals surface area contributed by atoms with Crippen molar-refractivity contribution in [2.45, 2.75) is 19.8 Å². The lowest BCUT2D eigenvalue weighted by Gasteiger charge is -2.07. The number of carbonyl (C=O) groups is 1. The van der Waals surface area contributed by atoms with Gasteiger partial charge in [-0.1, -0.05) is 0 Å². The Kier molecular flexibility index (Phi) is 6.10. The monoisotopic (exact) mass is 236 g/mol. The zero-order valence-corrected chi connectivity index (χ0v) is 10.5. The summed E-state index contributed by atoms with van der Waals surface area (Å²) in [5.41, 5.74) is 0.808. The Hall–Kier alpha value is -1.55. The van der Waals surface area contributed by atoms with Crippen LogP contribution in [0.4, 0.5) is 5.69 Å². The van der Waals surface area contributed by atoms with Gasteiger partial charge in [0.05, 0.1) is 6.61 Å². The average Bonchev–Trinajstić information content (AvgIpc) is 2.32. The Morgan fingerprint density at radius 1 is 1.29 bits per heavy atom. The number of hydrogen-bond acceptors (Lipinski definition) is 3. The van der Waals surface area contributed by atoms with Gasteiger partial charge in [-0.05, 0) is 51.2 Å². The Bertz CT molecular complexity index is 336. The fourth-order valence-corrected chi connectivity index (χ4v) is 1.45. The van der Waals surface area contributed by atoms with E-state index in [1.807, 2.05) is 38.2 Å². The first-order valence-electron chi connectivity index (χ1n) is 5.93. The Morgan fingerprint density at radius 3 is 2.59 bits per heavy atom. The van der Waals surface area contributed by atoms with Crippen molar-refractivity contribution < 1.29 is 9.53 Å². The fourth-order valence-electron chi connectivity index (χ4n) is 1.45. The third-order valence-corrected chi connectivity index (χ3v) is 2.28. The molecule has 1 amide bonds. The summed E-state index contributed by atoms with van der Waals surface area (Å²) in [6, 6.07) is 7.40. The van der Waals surface area contributed by atoms with Gasteiger partial charge in [0.2, 0.25) is 5.91 Å². The molecule has 0 heterocycles. The number of nitrogens with one attached hydrogen (secondary N) is 2. The van der Waals surface area contributed by atoms with E-state index in [-0.39, 0.29) is 5.91 Å². The van der Waals surface area contributed by atoms with Crippen molar-refractivity contribution in [1.29, 1.82) is 0 Å². The van der Waals surface area contributed by atoms with Crippen LogP contribution in [-0.4, -0.2) is 26.1 Å². The maximum absolute atomic E-state index is 11.5. The van der Waals surface area contributed by atoms with Crippen molar-refractivity contribution in [2.24, 2.45) is 0 Å². The molecule has 94 valence electrons. The molecule has 4 nitrogen and oxygen atoms in total. The molecule has 17 heavy (non-hydrogen) atoms. The van der Waals surface area contributed by atoms with Gasteiger partial charge in [-0.25, -0.2) is 0 Å². The lowest BCUT2D eigenvalue weighted by molar-refractivity contribution is -0.116. The van der Waals surface area contributed by atoms with Crippen LogP contribution in [0.1, 0.15) is 19.8 Å². The van der Waals surface area contributed by atoms with Crippen LogP contribution in [0.25, 0.3) is 0 Å². The van der Waals surface area contributed by atoms with E-state index in [4.69, 9.17) is 4.74 Å². The molecule has 0 fully saturated rings. The van der Waals surface area contributed by atoms with E-state index in [0.29, 0.717) is 13.0 Å². The maximum Gasteiger partial charge on any atom is 0.224 e. The van der Waals surface area contributed by atoms with Crippen LogP contribution in [0.5, 0.6) is 5.75 Å². The van der Waals surface area contributed by atoms with Gasteiger partial charge >= 0.3 is 0 Å². The van der Waals surface area contributed by atoms with Crippen molar-refractivity contribution in [3.05, 3.63) is 24.3 Å². The van der Waals surface area contributed by atoms with Crippen LogP contribution in [0.2, 0.25) is 0 Å². The standard InChI is InChI=1S/C13H20N2O2/c1-3-17-12-8-6-11(7-9-12)15-13(16)5-4-10-14-2/h6-9,14H,3-5,10H2,1-2H3,(H,15,16). The molecule has 0 aliphatic rings. The molecule has 0 aliphatic heterocycles. The largest absolute Gasteiger partial charge is 0.494 e. The van der Waals surface area contributed by atoms with E-state index in [9.17, 15) is 4.79 Å². The van der Waals surface area contributed by atoms with Crippen molar-refractivity contribution in [2.75, 3.05) is 25.5 Å². The molecule has 0 aliphatic carbocycles. The zero-order valence-electron chi connectivity index (χ0n) is 10.5. The van der Waals surface area contributed by atoms with Crippen LogP contribution >= 0.6 is 0 Å². The molecule has 0 atom stereocenters. The van der Waals surface area contributed by atoms with E-state index < -0.39 is 0 Å². The van der Waals surface area contributed by atoms with E-state index in [2.05, 4.69) is 10.6 Å². The summed E-state index contributed by atoms with van der Waals surface area (Å²) in [7, 11) is 1.88. The SMILES string of the molecule is CCOc1ccc(NC(=O)CCCNC)cc1. The first-order chi connectivity index (χ1) is 8.26. The lowest BCUT2D eigenvalue weighted by atomic mass is 10.2. The number of carbonyl (C=O) groups excluding carboxylic acids is 1. The predicted molar refractivity (Wildman–Crippen MR) is 69.4 cm³/mol. The Balaban J connectivity index is 2.37. The highest BCUT2D eigenvalue weighted by molar-refractivity contribution is 5.90. The topological polar surface area (TPSA) is 50.4 Å². The molecule has 1 aromatic rings. The smallest absolute Gasteiger partial charge is 0.224 e. The summed E-state index contributed by atoms with van der Waals surface area (Å²) < 4.78 is 5.32. The molecule has 1 aromatic carbocycles. The van der Waals surface area contributed by atoms with Gasteiger partial charge in [-0.3, -0.25) is 4.79 Å². The summed E-state index contributed by atoms with van der Waals surface area (Å²) in [5, 5.41) is 5.86. The molecule has 0 spiro atoms. The molecular weight excluding hydrogens is 216 g/mol. The zero-order chi connectivity index (χ0) is 12.5. The number of anilines is 1. The molecule has 2 N–H and O–H groups in total. The second-order valence-electron chi connectivity index (χ2n) is 3.71. The van der Waals surface area contributed by atoms with E-state index in [0.717, 1.165) is 24.4 Å². The molecule has 0 unspecified atom stereocenters. The van der Waals surface area contributed by atoms with Crippen LogP contribution < -0.4 is 15.4 Å². The normalized spacial score (nSPS) is 10.0. The quantitative estimate of drug-likeness (QED) is 0.712. The summed E-state index contributed by atoms with van der Waals surface area (Å²) in [4.78, 5) is 11.5. The number of rotatable bonds is 7. The molecule has 4 heteroatoms. The van der Waals surface area contributed by atoms with Gasteiger partial charge in [0.25, 0.3) is 0 Å². The predicted octanol–water partition coefficient (Wildman–Crippen LogP) is 2.02. The molecular formula is C13H20N2O2. The molecule has 0 saturated heterocycles. The van der Waals surface area contributed by atoms with Gasteiger partial charge in [-0.2, -0.15) is 0 Å². The van der Waals surface area contributed by atoms with Crippen molar-refractivity contribution in [3.8, 4) is 5.75 Å². The molecule has 1 rings (SSSR count). The summed E-state index contributed by atoms with van der Waals surface area (Å²) in [6.45, 7) is 3.45. The Labute approximate surface area is 102 Å². The van der Waals surface area contributed by atoms with Crippen molar-refractivity contribution in [3.63, 3.8) is 0 Å². The van der Waals surface area contributed by atoms with E-state index >= 15 is 0 Å². The van der Waals surface area contributed by atoms with Crippen LogP contribution in [0.3, 0.4) is 0 Å². The molecule has 0 bridgehead atoms. The molecule has 0 radical (unpaired) electrons. The number of amides is 1. The maximum atomic E-state index is 11.5. The first kappa shape index (κ1) is 13.5. The minimum absolute atomic E-state index is 0.0457. The lowest BCUT2D eigenvalue weighted by Crippen LogP contribution is -2.15. The second-order valence-corrected chi connectivity index (χ2v) is 3.71. The number of hydrogen-bond donors (Lipinski definition) is 2.